The number of rotatable bonds is 3. The number of thiazole rings is 1. The Morgan fingerprint density at radius 3 is 2.59 bits per heavy atom. The predicted molar refractivity (Wildman–Crippen MR) is 72.4 cm³/mol. The molecule has 0 bridgehead atoms. The SMILES string of the molecule is CC(C)(C)c1ccc(NCc2cncs2)nc1. The third-order valence-corrected chi connectivity index (χ3v) is 3.34. The van der Waals surface area contributed by atoms with Gasteiger partial charge in [0.25, 0.3) is 0 Å². The van der Waals surface area contributed by atoms with Crippen LogP contribution in [0.15, 0.2) is 30.0 Å². The van der Waals surface area contributed by atoms with Gasteiger partial charge in [-0.3, -0.25) is 4.98 Å². The first-order valence-corrected chi connectivity index (χ1v) is 6.51. The Hall–Kier alpha value is -1.42. The van der Waals surface area contributed by atoms with Crippen LogP contribution >= 0.6 is 11.3 Å². The van der Waals surface area contributed by atoms with Gasteiger partial charge in [-0.2, -0.15) is 0 Å². The van der Waals surface area contributed by atoms with Gasteiger partial charge in [0, 0.05) is 17.3 Å². The van der Waals surface area contributed by atoms with Crippen molar-refractivity contribution < 1.29 is 0 Å². The van der Waals surface area contributed by atoms with Gasteiger partial charge in [0.05, 0.1) is 12.1 Å². The number of hydrogen-bond acceptors (Lipinski definition) is 4. The van der Waals surface area contributed by atoms with Crippen molar-refractivity contribution in [1.82, 2.24) is 9.97 Å². The van der Waals surface area contributed by atoms with Crippen molar-refractivity contribution in [2.24, 2.45) is 0 Å². The molecule has 0 aliphatic rings. The van der Waals surface area contributed by atoms with Crippen molar-refractivity contribution >= 4 is 17.2 Å². The van der Waals surface area contributed by atoms with E-state index in [1.807, 2.05) is 24.0 Å². The Morgan fingerprint density at radius 2 is 2.06 bits per heavy atom. The molecular formula is C13H17N3S. The van der Waals surface area contributed by atoms with Crippen LogP contribution in [0.2, 0.25) is 0 Å². The quantitative estimate of drug-likeness (QED) is 0.902. The molecule has 2 heterocycles. The molecule has 0 fully saturated rings. The van der Waals surface area contributed by atoms with Gasteiger partial charge in [0.15, 0.2) is 0 Å². The zero-order valence-electron chi connectivity index (χ0n) is 10.4. The van der Waals surface area contributed by atoms with E-state index >= 15 is 0 Å². The normalized spacial score (nSPS) is 11.5. The second kappa shape index (κ2) is 4.84. The van der Waals surface area contributed by atoms with Gasteiger partial charge in [-0.05, 0) is 17.0 Å². The van der Waals surface area contributed by atoms with Crippen LogP contribution in [0, 0.1) is 0 Å². The van der Waals surface area contributed by atoms with Crippen LogP contribution in [0.5, 0.6) is 0 Å². The van der Waals surface area contributed by atoms with Crippen LogP contribution in [0.4, 0.5) is 5.82 Å². The van der Waals surface area contributed by atoms with Gasteiger partial charge in [0.1, 0.15) is 5.82 Å². The third-order valence-electron chi connectivity index (χ3n) is 2.56. The monoisotopic (exact) mass is 247 g/mol. The Labute approximate surface area is 106 Å². The predicted octanol–water partition coefficient (Wildman–Crippen LogP) is 3.45. The highest BCUT2D eigenvalue weighted by atomic mass is 32.1. The lowest BCUT2D eigenvalue weighted by atomic mass is 9.88. The molecule has 4 heteroatoms. The fourth-order valence-corrected chi connectivity index (χ4v) is 1.98. The van der Waals surface area contributed by atoms with E-state index in [4.69, 9.17) is 0 Å². The van der Waals surface area contributed by atoms with Gasteiger partial charge in [-0.1, -0.05) is 26.8 Å². The number of pyridine rings is 1. The highest BCUT2D eigenvalue weighted by molar-refractivity contribution is 7.09. The molecule has 0 radical (unpaired) electrons. The number of nitrogens with zero attached hydrogens (tertiary/aromatic N) is 2. The highest BCUT2D eigenvalue weighted by Crippen LogP contribution is 2.22. The summed E-state index contributed by atoms with van der Waals surface area (Å²) in [4.78, 5) is 9.67. The van der Waals surface area contributed by atoms with Crippen LogP contribution in [0.1, 0.15) is 31.2 Å². The number of nitrogens with one attached hydrogen (secondary N) is 1. The van der Waals surface area contributed by atoms with Crippen molar-refractivity contribution in [3.8, 4) is 0 Å². The van der Waals surface area contributed by atoms with Crippen molar-refractivity contribution in [2.75, 3.05) is 5.32 Å². The van der Waals surface area contributed by atoms with E-state index in [2.05, 4.69) is 42.1 Å². The molecule has 1 N–H and O–H groups in total. The lowest BCUT2D eigenvalue weighted by Crippen LogP contribution is -2.11. The molecule has 0 aromatic carbocycles. The van der Waals surface area contributed by atoms with Crippen LogP contribution in [-0.4, -0.2) is 9.97 Å². The average molecular weight is 247 g/mol. The van der Waals surface area contributed by atoms with Crippen molar-refractivity contribution in [3.05, 3.63) is 40.5 Å². The van der Waals surface area contributed by atoms with E-state index in [0.29, 0.717) is 0 Å². The summed E-state index contributed by atoms with van der Waals surface area (Å²) in [6.45, 7) is 7.35. The zero-order chi connectivity index (χ0) is 12.3. The van der Waals surface area contributed by atoms with Crippen molar-refractivity contribution in [2.45, 2.75) is 32.7 Å². The summed E-state index contributed by atoms with van der Waals surface area (Å²) < 4.78 is 0. The van der Waals surface area contributed by atoms with Crippen LogP contribution in [0.25, 0.3) is 0 Å². The van der Waals surface area contributed by atoms with Gasteiger partial charge in [-0.25, -0.2) is 4.98 Å². The molecule has 0 amide bonds. The van der Waals surface area contributed by atoms with Gasteiger partial charge in [0.2, 0.25) is 0 Å². The summed E-state index contributed by atoms with van der Waals surface area (Å²) >= 11 is 1.65. The molecule has 0 atom stereocenters. The Kier molecular flexibility index (Phi) is 3.43. The van der Waals surface area contributed by atoms with Crippen molar-refractivity contribution in [1.29, 1.82) is 0 Å². The van der Waals surface area contributed by atoms with Gasteiger partial charge >= 0.3 is 0 Å². The first kappa shape index (κ1) is 12.0. The fourth-order valence-electron chi connectivity index (χ4n) is 1.45. The molecule has 0 unspecified atom stereocenters. The van der Waals surface area contributed by atoms with E-state index in [0.717, 1.165) is 12.4 Å². The molecule has 2 aromatic rings. The summed E-state index contributed by atoms with van der Waals surface area (Å²) in [6.07, 6.45) is 3.82. The maximum atomic E-state index is 4.42. The number of anilines is 1. The molecule has 0 spiro atoms. The standard InChI is InChI=1S/C13H17N3S/c1-13(2,3)10-4-5-12(15-6-10)16-8-11-7-14-9-17-11/h4-7,9H,8H2,1-3H3,(H,15,16). The minimum atomic E-state index is 0.156. The summed E-state index contributed by atoms with van der Waals surface area (Å²) in [5, 5.41) is 3.29. The third kappa shape index (κ3) is 3.27. The molecular weight excluding hydrogens is 230 g/mol. The van der Waals surface area contributed by atoms with Crippen LogP contribution in [-0.2, 0) is 12.0 Å². The topological polar surface area (TPSA) is 37.8 Å². The summed E-state index contributed by atoms with van der Waals surface area (Å²) in [5.74, 6) is 0.909. The molecule has 0 aliphatic heterocycles. The van der Waals surface area contributed by atoms with Crippen molar-refractivity contribution in [3.63, 3.8) is 0 Å². The van der Waals surface area contributed by atoms with E-state index in [9.17, 15) is 0 Å². The second-order valence-electron chi connectivity index (χ2n) is 5.00. The maximum absolute atomic E-state index is 4.42. The summed E-state index contributed by atoms with van der Waals surface area (Å²) in [5.41, 5.74) is 3.25. The van der Waals surface area contributed by atoms with E-state index in [1.54, 1.807) is 11.3 Å². The number of aromatic nitrogens is 2. The molecule has 90 valence electrons. The smallest absolute Gasteiger partial charge is 0.126 e. The zero-order valence-corrected chi connectivity index (χ0v) is 11.2. The highest BCUT2D eigenvalue weighted by Gasteiger charge is 2.13. The lowest BCUT2D eigenvalue weighted by molar-refractivity contribution is 0.587. The fraction of sp³-hybridized carbons (Fsp3) is 0.385. The molecule has 0 saturated heterocycles. The lowest BCUT2D eigenvalue weighted by Gasteiger charge is -2.18. The first-order chi connectivity index (χ1) is 8.05. The van der Waals surface area contributed by atoms with E-state index < -0.39 is 0 Å². The molecule has 2 rings (SSSR count). The Balaban J connectivity index is 1.99. The molecule has 17 heavy (non-hydrogen) atoms. The molecule has 2 aromatic heterocycles. The molecule has 3 nitrogen and oxygen atoms in total. The van der Waals surface area contributed by atoms with E-state index in [-0.39, 0.29) is 5.41 Å². The van der Waals surface area contributed by atoms with Gasteiger partial charge < -0.3 is 5.32 Å². The first-order valence-electron chi connectivity index (χ1n) is 5.63. The maximum Gasteiger partial charge on any atom is 0.126 e. The largest absolute Gasteiger partial charge is 0.365 e. The minimum Gasteiger partial charge on any atom is -0.365 e. The molecule has 0 saturated carbocycles. The summed E-state index contributed by atoms with van der Waals surface area (Å²) in [6, 6.07) is 4.16. The number of hydrogen-bond donors (Lipinski definition) is 1. The van der Waals surface area contributed by atoms with Crippen LogP contribution in [0.3, 0.4) is 0 Å². The Bertz CT molecular complexity index is 454. The van der Waals surface area contributed by atoms with E-state index in [1.165, 1.54) is 10.4 Å². The minimum absolute atomic E-state index is 0.156. The molecule has 0 aliphatic carbocycles. The Morgan fingerprint density at radius 1 is 1.24 bits per heavy atom. The van der Waals surface area contributed by atoms with Gasteiger partial charge in [-0.15, -0.1) is 11.3 Å². The summed E-state index contributed by atoms with van der Waals surface area (Å²) in [7, 11) is 0. The average Bonchev–Trinajstić information content (AvgIpc) is 2.78. The second-order valence-corrected chi connectivity index (χ2v) is 5.97. The van der Waals surface area contributed by atoms with Crippen LogP contribution < -0.4 is 5.32 Å².